The van der Waals surface area contributed by atoms with E-state index in [1.807, 2.05) is 24.0 Å². The van der Waals surface area contributed by atoms with Gasteiger partial charge in [0, 0.05) is 23.4 Å². The normalized spacial score (nSPS) is 10.5. The monoisotopic (exact) mass is 244 g/mol. The minimum atomic E-state index is 0.499. The number of nitrogens with two attached hydrogens (primary N) is 1. The number of hydrogen-bond donors (Lipinski definition) is 1. The maximum absolute atomic E-state index is 5.57. The fourth-order valence-electron chi connectivity index (χ4n) is 1.63. The van der Waals surface area contributed by atoms with Gasteiger partial charge in [0.15, 0.2) is 0 Å². The van der Waals surface area contributed by atoms with E-state index in [0.717, 1.165) is 11.4 Å². The van der Waals surface area contributed by atoms with Crippen LogP contribution in [0.2, 0.25) is 0 Å². The Labute approximate surface area is 106 Å². The van der Waals surface area contributed by atoms with Crippen LogP contribution in [-0.2, 0) is 12.3 Å². The lowest BCUT2D eigenvalue weighted by Crippen LogP contribution is -1.98. The third-order valence-corrected chi connectivity index (χ3v) is 3.55. The third-order valence-electron chi connectivity index (χ3n) is 2.49. The van der Waals surface area contributed by atoms with Crippen molar-refractivity contribution in [3.05, 3.63) is 59.4 Å². The number of nitrogens with zero attached hydrogens (tertiary/aromatic N) is 1. The van der Waals surface area contributed by atoms with Gasteiger partial charge in [-0.1, -0.05) is 29.8 Å². The summed E-state index contributed by atoms with van der Waals surface area (Å²) in [6.07, 6.45) is 1.82. The van der Waals surface area contributed by atoms with Crippen LogP contribution in [-0.4, -0.2) is 4.98 Å². The molecule has 3 heteroatoms. The maximum Gasteiger partial charge on any atom is 0.0550 e. The summed E-state index contributed by atoms with van der Waals surface area (Å²) >= 11 is 1.82. The van der Waals surface area contributed by atoms with Crippen molar-refractivity contribution >= 4 is 11.8 Å². The van der Waals surface area contributed by atoms with Crippen LogP contribution in [0.5, 0.6) is 0 Å². The number of rotatable bonds is 4. The van der Waals surface area contributed by atoms with Crippen molar-refractivity contribution in [3.8, 4) is 0 Å². The number of benzene rings is 1. The second-order valence-electron chi connectivity index (χ2n) is 3.96. The van der Waals surface area contributed by atoms with Crippen molar-refractivity contribution in [2.75, 3.05) is 0 Å². The number of hydrogen-bond acceptors (Lipinski definition) is 3. The molecule has 1 heterocycles. The molecule has 0 aliphatic rings. The molecule has 1 aromatic heterocycles. The van der Waals surface area contributed by atoms with Crippen molar-refractivity contribution < 1.29 is 0 Å². The van der Waals surface area contributed by atoms with Crippen LogP contribution in [0.25, 0.3) is 0 Å². The van der Waals surface area contributed by atoms with Gasteiger partial charge in [-0.3, -0.25) is 4.98 Å². The molecule has 0 unspecified atom stereocenters. The maximum atomic E-state index is 5.57. The fraction of sp³-hybridized carbons (Fsp3) is 0.214. The molecule has 0 aliphatic carbocycles. The highest BCUT2D eigenvalue weighted by Crippen LogP contribution is 2.23. The zero-order valence-corrected chi connectivity index (χ0v) is 10.7. The third kappa shape index (κ3) is 3.58. The smallest absolute Gasteiger partial charge is 0.0550 e. The Morgan fingerprint density at radius 1 is 1.24 bits per heavy atom. The summed E-state index contributed by atoms with van der Waals surface area (Å²) in [6, 6.07) is 12.7. The zero-order chi connectivity index (χ0) is 12.1. The Kier molecular flexibility index (Phi) is 4.18. The Morgan fingerprint density at radius 2 is 2.12 bits per heavy atom. The largest absolute Gasteiger partial charge is 0.325 e. The van der Waals surface area contributed by atoms with Gasteiger partial charge in [0.05, 0.1) is 5.69 Å². The summed E-state index contributed by atoms with van der Waals surface area (Å²) in [5.41, 5.74) is 9.17. The van der Waals surface area contributed by atoms with Gasteiger partial charge in [0.1, 0.15) is 0 Å². The first-order valence-corrected chi connectivity index (χ1v) is 6.60. The van der Waals surface area contributed by atoms with Crippen LogP contribution in [0.1, 0.15) is 16.8 Å². The number of thioether (sulfide) groups is 1. The van der Waals surface area contributed by atoms with Crippen LogP contribution in [0.15, 0.2) is 47.5 Å². The van der Waals surface area contributed by atoms with Gasteiger partial charge >= 0.3 is 0 Å². The van der Waals surface area contributed by atoms with E-state index in [9.17, 15) is 0 Å². The first-order valence-electron chi connectivity index (χ1n) is 5.61. The van der Waals surface area contributed by atoms with Crippen LogP contribution in [0.4, 0.5) is 0 Å². The molecule has 88 valence electrons. The van der Waals surface area contributed by atoms with E-state index in [-0.39, 0.29) is 0 Å². The van der Waals surface area contributed by atoms with Gasteiger partial charge in [0.25, 0.3) is 0 Å². The highest BCUT2D eigenvalue weighted by Gasteiger charge is 1.98. The van der Waals surface area contributed by atoms with Crippen LogP contribution in [0.3, 0.4) is 0 Å². The van der Waals surface area contributed by atoms with Crippen LogP contribution < -0.4 is 5.73 Å². The molecule has 1 aromatic carbocycles. The molecule has 0 saturated carbocycles. The predicted molar refractivity (Wildman–Crippen MR) is 72.9 cm³/mol. The SMILES string of the molecule is Cc1cccc(CSc2ccnc(CN)c2)c1. The quantitative estimate of drug-likeness (QED) is 0.840. The minimum absolute atomic E-state index is 0.499. The van der Waals surface area contributed by atoms with Gasteiger partial charge in [0.2, 0.25) is 0 Å². The van der Waals surface area contributed by atoms with Gasteiger partial charge in [-0.05, 0) is 24.6 Å². The van der Waals surface area contributed by atoms with E-state index >= 15 is 0 Å². The lowest BCUT2D eigenvalue weighted by atomic mass is 10.2. The lowest BCUT2D eigenvalue weighted by Gasteiger charge is -2.04. The van der Waals surface area contributed by atoms with E-state index in [2.05, 4.69) is 42.2 Å². The zero-order valence-electron chi connectivity index (χ0n) is 9.89. The topological polar surface area (TPSA) is 38.9 Å². The Balaban J connectivity index is 2.02. The molecule has 0 bridgehead atoms. The van der Waals surface area contributed by atoms with Crippen molar-refractivity contribution in [1.82, 2.24) is 4.98 Å². The molecule has 2 N–H and O–H groups in total. The van der Waals surface area contributed by atoms with E-state index in [1.165, 1.54) is 16.0 Å². The standard InChI is InChI=1S/C14H16N2S/c1-11-3-2-4-12(7-11)10-17-14-5-6-16-13(8-14)9-15/h2-8H,9-10,15H2,1H3. The van der Waals surface area contributed by atoms with E-state index in [0.29, 0.717) is 6.54 Å². The first kappa shape index (κ1) is 12.1. The van der Waals surface area contributed by atoms with Crippen LogP contribution in [0, 0.1) is 6.92 Å². The van der Waals surface area contributed by atoms with Crippen molar-refractivity contribution in [2.45, 2.75) is 24.1 Å². The Hall–Kier alpha value is -1.32. The summed E-state index contributed by atoms with van der Waals surface area (Å²) in [7, 11) is 0. The molecule has 2 aromatic rings. The fourth-order valence-corrected chi connectivity index (χ4v) is 2.52. The summed E-state index contributed by atoms with van der Waals surface area (Å²) in [5.74, 6) is 0.982. The molecule has 0 fully saturated rings. The molecule has 0 atom stereocenters. The molecule has 2 nitrogen and oxygen atoms in total. The molecule has 2 rings (SSSR count). The molecule has 0 amide bonds. The molecular formula is C14H16N2S. The summed E-state index contributed by atoms with van der Waals surface area (Å²) < 4.78 is 0. The van der Waals surface area contributed by atoms with Crippen molar-refractivity contribution in [3.63, 3.8) is 0 Å². The highest BCUT2D eigenvalue weighted by molar-refractivity contribution is 7.98. The molecule has 0 saturated heterocycles. The highest BCUT2D eigenvalue weighted by atomic mass is 32.2. The molecule has 0 radical (unpaired) electrons. The second-order valence-corrected chi connectivity index (χ2v) is 5.01. The Morgan fingerprint density at radius 3 is 2.88 bits per heavy atom. The van der Waals surface area contributed by atoms with E-state index < -0.39 is 0 Å². The lowest BCUT2D eigenvalue weighted by molar-refractivity contribution is 0.976. The van der Waals surface area contributed by atoms with Gasteiger partial charge in [-0.25, -0.2) is 0 Å². The number of aryl methyl sites for hydroxylation is 1. The van der Waals surface area contributed by atoms with Gasteiger partial charge in [-0.15, -0.1) is 11.8 Å². The van der Waals surface area contributed by atoms with Gasteiger partial charge in [-0.2, -0.15) is 0 Å². The molecular weight excluding hydrogens is 228 g/mol. The van der Waals surface area contributed by atoms with Crippen molar-refractivity contribution in [2.24, 2.45) is 5.73 Å². The summed E-state index contributed by atoms with van der Waals surface area (Å²) in [5, 5.41) is 0. The average molecular weight is 244 g/mol. The van der Waals surface area contributed by atoms with E-state index in [1.54, 1.807) is 0 Å². The molecule has 17 heavy (non-hydrogen) atoms. The van der Waals surface area contributed by atoms with Crippen LogP contribution >= 0.6 is 11.8 Å². The minimum Gasteiger partial charge on any atom is -0.325 e. The molecule has 0 spiro atoms. The number of pyridine rings is 1. The average Bonchev–Trinajstić information content (AvgIpc) is 2.37. The second kappa shape index (κ2) is 5.84. The number of aromatic nitrogens is 1. The Bertz CT molecular complexity index is 497. The first-order chi connectivity index (χ1) is 8.28. The van der Waals surface area contributed by atoms with E-state index in [4.69, 9.17) is 5.73 Å². The van der Waals surface area contributed by atoms with Crippen molar-refractivity contribution in [1.29, 1.82) is 0 Å². The van der Waals surface area contributed by atoms with Gasteiger partial charge < -0.3 is 5.73 Å². The predicted octanol–water partition coefficient (Wildman–Crippen LogP) is 3.14. The summed E-state index contributed by atoms with van der Waals surface area (Å²) in [4.78, 5) is 5.41. The summed E-state index contributed by atoms with van der Waals surface area (Å²) in [6.45, 7) is 2.62. The molecule has 0 aliphatic heterocycles.